The number of hydrogen-bond donors (Lipinski definition) is 1. The summed E-state index contributed by atoms with van der Waals surface area (Å²) in [6, 6.07) is 0. The molecule has 0 bridgehead atoms. The van der Waals surface area contributed by atoms with Gasteiger partial charge in [-0.1, -0.05) is 0 Å². The van der Waals surface area contributed by atoms with Crippen LogP contribution in [-0.4, -0.2) is 19.2 Å². The van der Waals surface area contributed by atoms with Gasteiger partial charge < -0.3 is 0 Å². The van der Waals surface area contributed by atoms with Gasteiger partial charge in [0.15, 0.2) is 0 Å². The first kappa shape index (κ1) is 9.76. The molecule has 0 aliphatic heterocycles. The predicted molar refractivity (Wildman–Crippen MR) is 17.5 cm³/mol. The average Bonchev–Trinajstić information content (AvgIpc) is 0.722. The third-order valence-electron chi connectivity index (χ3n) is 0. The molecule has 0 rings (SSSR count). The van der Waals surface area contributed by atoms with Gasteiger partial charge in [-0.2, -0.15) is 8.42 Å². The molecule has 0 atom stereocenters. The van der Waals surface area contributed by atoms with Gasteiger partial charge in [-0.25, -0.2) is 0 Å². The van der Waals surface area contributed by atoms with Gasteiger partial charge in [0, 0.05) is 0 Å². The molecule has 0 fully saturated rings. The van der Waals surface area contributed by atoms with Crippen LogP contribution in [0.4, 0.5) is 0 Å². The smallest absolute Gasteiger partial charge is 0.286 e. The molecule has 6 heavy (non-hydrogen) atoms. The molecule has 0 aliphatic rings. The summed E-state index contributed by atoms with van der Waals surface area (Å²) < 4.78 is 25.9. The molecular weight excluding hydrogens is 198 g/mol. The van der Waals surface area contributed by atoms with Gasteiger partial charge in [0.1, 0.15) is 0 Å². The van der Waals surface area contributed by atoms with Crippen LogP contribution in [0.2, 0.25) is 0 Å². The average molecular weight is 203 g/mol. The van der Waals surface area contributed by atoms with E-state index in [1.165, 1.54) is 0 Å². The Kier molecular flexibility index (Phi) is 4.39. The van der Waals surface area contributed by atoms with Crippen LogP contribution in [0, 0.1) is 0 Å². The Hall–Kier alpha value is 0.572. The van der Waals surface area contributed by atoms with Crippen LogP contribution < -0.4 is 0 Å². The van der Waals surface area contributed by atoms with Crippen LogP contribution in [-0.2, 0) is 30.5 Å². The number of hydrogen-bond acceptors (Lipinski definition) is 2. The Morgan fingerprint density at radius 3 is 1.50 bits per heavy atom. The van der Waals surface area contributed by atoms with E-state index >= 15 is 0 Å². The SMILES string of the molecule is CS(=O)(=O)O.[Pd+2]. The van der Waals surface area contributed by atoms with Crippen LogP contribution in [0.5, 0.6) is 0 Å². The fourth-order valence-corrected chi connectivity index (χ4v) is 0. The molecule has 0 unspecified atom stereocenters. The fourth-order valence-electron chi connectivity index (χ4n) is 0. The minimum atomic E-state index is -3.67. The van der Waals surface area contributed by atoms with Crippen LogP contribution in [0.1, 0.15) is 0 Å². The molecule has 0 heterocycles. The summed E-state index contributed by atoms with van der Waals surface area (Å²) in [5.41, 5.74) is 0. The Morgan fingerprint density at radius 2 is 1.50 bits per heavy atom. The Morgan fingerprint density at radius 1 is 1.50 bits per heavy atom. The van der Waals surface area contributed by atoms with Crippen molar-refractivity contribution in [1.29, 1.82) is 0 Å². The van der Waals surface area contributed by atoms with Crippen molar-refractivity contribution in [3.63, 3.8) is 0 Å². The van der Waals surface area contributed by atoms with Crippen LogP contribution in [0.25, 0.3) is 0 Å². The zero-order chi connectivity index (χ0) is 4.50. The molecule has 0 spiro atoms. The first-order valence-electron chi connectivity index (χ1n) is 0.924. The van der Waals surface area contributed by atoms with E-state index in [2.05, 4.69) is 0 Å². The monoisotopic (exact) mass is 202 g/mol. The van der Waals surface area contributed by atoms with Crippen molar-refractivity contribution >= 4 is 10.1 Å². The van der Waals surface area contributed by atoms with E-state index in [4.69, 9.17) is 4.55 Å². The van der Waals surface area contributed by atoms with Gasteiger partial charge >= 0.3 is 20.4 Å². The van der Waals surface area contributed by atoms with Crippen molar-refractivity contribution in [1.82, 2.24) is 0 Å². The van der Waals surface area contributed by atoms with E-state index < -0.39 is 10.1 Å². The molecule has 3 nitrogen and oxygen atoms in total. The minimum Gasteiger partial charge on any atom is -0.286 e. The van der Waals surface area contributed by atoms with E-state index in [0.717, 1.165) is 0 Å². The molecule has 0 radical (unpaired) electrons. The summed E-state index contributed by atoms with van der Waals surface area (Å²) in [5, 5.41) is 0. The summed E-state index contributed by atoms with van der Waals surface area (Å²) in [7, 11) is -3.67. The summed E-state index contributed by atoms with van der Waals surface area (Å²) in [6.07, 6.45) is 0.715. The maximum atomic E-state index is 9.19. The van der Waals surface area contributed by atoms with Gasteiger partial charge in [-0.3, -0.25) is 4.55 Å². The van der Waals surface area contributed by atoms with Gasteiger partial charge in [0.2, 0.25) is 0 Å². The summed E-state index contributed by atoms with van der Waals surface area (Å²) in [6.45, 7) is 0. The van der Waals surface area contributed by atoms with Gasteiger partial charge in [0.25, 0.3) is 10.1 Å². The Labute approximate surface area is 50.1 Å². The standard InChI is InChI=1S/CH4O3S.Pd/c1-5(2,3)4;/h1H3,(H,2,3,4);/q;+2. The van der Waals surface area contributed by atoms with Gasteiger partial charge in [-0.15, -0.1) is 0 Å². The third-order valence-corrected chi connectivity index (χ3v) is 0. The van der Waals surface area contributed by atoms with Crippen molar-refractivity contribution in [2.45, 2.75) is 0 Å². The molecule has 0 saturated carbocycles. The molecule has 0 aromatic carbocycles. The zero-order valence-electron chi connectivity index (χ0n) is 2.99. The van der Waals surface area contributed by atoms with E-state index in [-0.39, 0.29) is 20.4 Å². The Balaban J connectivity index is 0. The van der Waals surface area contributed by atoms with Crippen molar-refractivity contribution in [2.75, 3.05) is 6.26 Å². The van der Waals surface area contributed by atoms with E-state index in [1.807, 2.05) is 0 Å². The fraction of sp³-hybridized carbons (Fsp3) is 1.00. The minimum absolute atomic E-state index is 0. The first-order valence-corrected chi connectivity index (χ1v) is 2.77. The maximum Gasteiger partial charge on any atom is 2.00 e. The quantitative estimate of drug-likeness (QED) is 0.426. The van der Waals surface area contributed by atoms with Crippen LogP contribution >= 0.6 is 0 Å². The third kappa shape index (κ3) is 178. The molecule has 40 valence electrons. The molecule has 0 saturated heterocycles. The van der Waals surface area contributed by atoms with Gasteiger partial charge in [0.05, 0.1) is 6.26 Å². The zero-order valence-corrected chi connectivity index (χ0v) is 5.36. The molecule has 5 heteroatoms. The van der Waals surface area contributed by atoms with E-state index in [0.29, 0.717) is 6.26 Å². The summed E-state index contributed by atoms with van der Waals surface area (Å²) >= 11 is 0. The van der Waals surface area contributed by atoms with Crippen molar-refractivity contribution in [3.05, 3.63) is 0 Å². The maximum absolute atomic E-state index is 9.19. The molecule has 1 N–H and O–H groups in total. The van der Waals surface area contributed by atoms with E-state index in [9.17, 15) is 8.42 Å². The van der Waals surface area contributed by atoms with E-state index in [1.54, 1.807) is 0 Å². The largest absolute Gasteiger partial charge is 2.00 e. The molecular formula is CH4O3PdS+2. The second kappa shape index (κ2) is 2.70. The number of rotatable bonds is 0. The topological polar surface area (TPSA) is 54.4 Å². The normalized spacial score (nSPS) is 9.67. The van der Waals surface area contributed by atoms with Crippen LogP contribution in [0.15, 0.2) is 0 Å². The second-order valence-electron chi connectivity index (χ2n) is 0.733. The van der Waals surface area contributed by atoms with Crippen LogP contribution in [0.3, 0.4) is 0 Å². The van der Waals surface area contributed by atoms with Crippen molar-refractivity contribution in [3.8, 4) is 0 Å². The first-order chi connectivity index (χ1) is 2.00. The molecule has 0 amide bonds. The summed E-state index contributed by atoms with van der Waals surface area (Å²) in [5.74, 6) is 0. The van der Waals surface area contributed by atoms with Gasteiger partial charge in [-0.05, 0) is 0 Å². The van der Waals surface area contributed by atoms with Crippen molar-refractivity contribution < 1.29 is 33.4 Å². The predicted octanol–water partition coefficient (Wildman–Crippen LogP) is -0.498. The molecule has 0 aromatic heterocycles. The van der Waals surface area contributed by atoms with Crippen molar-refractivity contribution in [2.24, 2.45) is 0 Å². The summed E-state index contributed by atoms with van der Waals surface area (Å²) in [4.78, 5) is 0. The second-order valence-corrected chi connectivity index (χ2v) is 2.20. The molecule has 0 aliphatic carbocycles. The Bertz CT molecular complexity index is 94.0. The molecule has 0 aromatic rings.